The van der Waals surface area contributed by atoms with E-state index in [2.05, 4.69) is 5.43 Å². The second-order valence-corrected chi connectivity index (χ2v) is 4.62. The molecule has 0 radical (unpaired) electrons. The maximum absolute atomic E-state index is 13.6. The van der Waals surface area contributed by atoms with Crippen LogP contribution in [0, 0.1) is 11.6 Å². The lowest BCUT2D eigenvalue weighted by molar-refractivity contribution is 0.481. The Morgan fingerprint density at radius 2 is 1.79 bits per heavy atom. The summed E-state index contributed by atoms with van der Waals surface area (Å²) in [5, 5.41) is 0.608. The summed E-state index contributed by atoms with van der Waals surface area (Å²) < 4.78 is 26.8. The van der Waals surface area contributed by atoms with Gasteiger partial charge in [-0.3, -0.25) is 11.3 Å². The van der Waals surface area contributed by atoms with E-state index in [0.717, 1.165) is 11.6 Å². The summed E-state index contributed by atoms with van der Waals surface area (Å²) >= 11 is 5.80. The average molecular weight is 283 g/mol. The van der Waals surface area contributed by atoms with Crippen molar-refractivity contribution in [2.45, 2.75) is 12.5 Å². The van der Waals surface area contributed by atoms with Crippen LogP contribution in [0.5, 0.6) is 0 Å². The van der Waals surface area contributed by atoms with Gasteiger partial charge in [0.1, 0.15) is 0 Å². The summed E-state index contributed by atoms with van der Waals surface area (Å²) in [6.45, 7) is 0. The van der Waals surface area contributed by atoms with Crippen LogP contribution in [0.3, 0.4) is 0 Å². The second kappa shape index (κ2) is 6.10. The predicted octanol–water partition coefficient (Wildman–Crippen LogP) is 3.37. The maximum atomic E-state index is 13.6. The molecule has 2 rings (SSSR count). The minimum Gasteiger partial charge on any atom is -0.271 e. The van der Waals surface area contributed by atoms with Gasteiger partial charge in [0.2, 0.25) is 0 Å². The number of nitrogens with one attached hydrogen (secondary N) is 1. The van der Waals surface area contributed by atoms with E-state index in [9.17, 15) is 8.78 Å². The molecule has 1 unspecified atom stereocenters. The Morgan fingerprint density at radius 3 is 2.42 bits per heavy atom. The first-order chi connectivity index (χ1) is 9.11. The summed E-state index contributed by atoms with van der Waals surface area (Å²) in [5.74, 6) is 3.79. The van der Waals surface area contributed by atoms with E-state index in [1.807, 2.05) is 0 Å². The molecule has 0 heterocycles. The minimum absolute atomic E-state index is 0.252. The van der Waals surface area contributed by atoms with Crippen LogP contribution >= 0.6 is 11.6 Å². The van der Waals surface area contributed by atoms with Crippen LogP contribution in [0.1, 0.15) is 17.2 Å². The van der Waals surface area contributed by atoms with E-state index >= 15 is 0 Å². The first-order valence-electron chi connectivity index (χ1n) is 5.76. The monoisotopic (exact) mass is 282 g/mol. The van der Waals surface area contributed by atoms with Gasteiger partial charge in [-0.15, -0.1) is 0 Å². The smallest absolute Gasteiger partial charge is 0.162 e. The summed E-state index contributed by atoms with van der Waals surface area (Å²) in [7, 11) is 0. The van der Waals surface area contributed by atoms with Crippen molar-refractivity contribution >= 4 is 11.6 Å². The summed E-state index contributed by atoms with van der Waals surface area (Å²) in [6, 6.07) is 10.8. The first-order valence-corrected chi connectivity index (χ1v) is 6.14. The number of hydrogen-bond acceptors (Lipinski definition) is 2. The van der Waals surface area contributed by atoms with Gasteiger partial charge in [-0.25, -0.2) is 8.78 Å². The molecule has 0 spiro atoms. The van der Waals surface area contributed by atoms with E-state index in [1.165, 1.54) is 6.07 Å². The van der Waals surface area contributed by atoms with Gasteiger partial charge >= 0.3 is 0 Å². The third-order valence-corrected chi connectivity index (χ3v) is 3.18. The van der Waals surface area contributed by atoms with Crippen LogP contribution in [0.4, 0.5) is 8.78 Å². The molecule has 0 aromatic heterocycles. The number of hydrazine groups is 1. The highest BCUT2D eigenvalue weighted by atomic mass is 35.5. The normalized spacial score (nSPS) is 12.4. The molecule has 0 aliphatic carbocycles. The standard InChI is InChI=1S/C14H13ClF2N2/c15-11-6-4-9(5-7-11)13(19-18)8-10-2-1-3-12(16)14(10)17/h1-7,13,19H,8,18H2. The molecule has 3 N–H and O–H groups in total. The van der Waals surface area contributed by atoms with Gasteiger partial charge in [-0.2, -0.15) is 0 Å². The highest BCUT2D eigenvalue weighted by Crippen LogP contribution is 2.22. The van der Waals surface area contributed by atoms with Crippen molar-refractivity contribution in [3.8, 4) is 0 Å². The summed E-state index contributed by atoms with van der Waals surface area (Å²) in [6.07, 6.45) is 0.252. The Bertz CT molecular complexity index is 558. The van der Waals surface area contributed by atoms with Crippen molar-refractivity contribution in [2.75, 3.05) is 0 Å². The molecule has 100 valence electrons. The number of nitrogens with two attached hydrogens (primary N) is 1. The molecule has 0 saturated heterocycles. The minimum atomic E-state index is -0.857. The Labute approximate surface area is 115 Å². The van der Waals surface area contributed by atoms with Crippen LogP contribution in [0.2, 0.25) is 5.02 Å². The van der Waals surface area contributed by atoms with E-state index < -0.39 is 11.6 Å². The van der Waals surface area contributed by atoms with Crippen LogP contribution in [-0.2, 0) is 6.42 Å². The predicted molar refractivity (Wildman–Crippen MR) is 71.6 cm³/mol. The average Bonchev–Trinajstić information content (AvgIpc) is 2.42. The number of benzene rings is 2. The summed E-state index contributed by atoms with van der Waals surface area (Å²) in [4.78, 5) is 0. The topological polar surface area (TPSA) is 38.0 Å². The molecule has 0 fully saturated rings. The molecule has 0 bridgehead atoms. The van der Waals surface area contributed by atoms with Gasteiger partial charge in [0.05, 0.1) is 6.04 Å². The molecular weight excluding hydrogens is 270 g/mol. The third kappa shape index (κ3) is 3.29. The van der Waals surface area contributed by atoms with Crippen molar-refractivity contribution in [1.82, 2.24) is 5.43 Å². The van der Waals surface area contributed by atoms with Crippen LogP contribution in [0.15, 0.2) is 42.5 Å². The Kier molecular flexibility index (Phi) is 4.47. The number of halogens is 3. The van der Waals surface area contributed by atoms with Gasteiger partial charge in [-0.1, -0.05) is 35.9 Å². The van der Waals surface area contributed by atoms with E-state index in [4.69, 9.17) is 17.4 Å². The number of hydrogen-bond donors (Lipinski definition) is 2. The fourth-order valence-electron chi connectivity index (χ4n) is 1.89. The zero-order valence-electron chi connectivity index (χ0n) is 10.0. The van der Waals surface area contributed by atoms with Crippen LogP contribution in [-0.4, -0.2) is 0 Å². The Balaban J connectivity index is 2.24. The van der Waals surface area contributed by atoms with Gasteiger partial charge in [-0.05, 0) is 35.7 Å². The number of rotatable bonds is 4. The molecule has 0 aliphatic rings. The maximum Gasteiger partial charge on any atom is 0.162 e. The highest BCUT2D eigenvalue weighted by molar-refractivity contribution is 6.30. The van der Waals surface area contributed by atoms with Crippen molar-refractivity contribution in [2.24, 2.45) is 5.84 Å². The molecule has 0 aliphatic heterocycles. The van der Waals surface area contributed by atoms with Gasteiger partial charge < -0.3 is 0 Å². The van der Waals surface area contributed by atoms with Crippen LogP contribution < -0.4 is 11.3 Å². The lowest BCUT2D eigenvalue weighted by Crippen LogP contribution is -2.29. The fourth-order valence-corrected chi connectivity index (χ4v) is 2.02. The van der Waals surface area contributed by atoms with Crippen LogP contribution in [0.25, 0.3) is 0 Å². The highest BCUT2D eigenvalue weighted by Gasteiger charge is 2.15. The van der Waals surface area contributed by atoms with E-state index in [1.54, 1.807) is 30.3 Å². The van der Waals surface area contributed by atoms with E-state index in [0.29, 0.717) is 5.02 Å². The molecule has 0 saturated carbocycles. The van der Waals surface area contributed by atoms with Gasteiger partial charge in [0.15, 0.2) is 11.6 Å². The quantitative estimate of drug-likeness (QED) is 0.666. The lowest BCUT2D eigenvalue weighted by atomic mass is 9.99. The Hall–Kier alpha value is -1.49. The zero-order chi connectivity index (χ0) is 13.8. The zero-order valence-corrected chi connectivity index (χ0v) is 10.8. The van der Waals surface area contributed by atoms with Crippen molar-refractivity contribution in [3.63, 3.8) is 0 Å². The SMILES string of the molecule is NNC(Cc1cccc(F)c1F)c1ccc(Cl)cc1. The van der Waals surface area contributed by atoms with Crippen molar-refractivity contribution in [1.29, 1.82) is 0 Å². The lowest BCUT2D eigenvalue weighted by Gasteiger charge is -2.17. The molecule has 19 heavy (non-hydrogen) atoms. The largest absolute Gasteiger partial charge is 0.271 e. The molecule has 5 heteroatoms. The molecule has 1 atom stereocenters. The fraction of sp³-hybridized carbons (Fsp3) is 0.143. The summed E-state index contributed by atoms with van der Waals surface area (Å²) in [5.41, 5.74) is 3.73. The van der Waals surface area contributed by atoms with Gasteiger partial charge in [0, 0.05) is 5.02 Å². The third-order valence-electron chi connectivity index (χ3n) is 2.93. The van der Waals surface area contributed by atoms with Gasteiger partial charge in [0.25, 0.3) is 0 Å². The second-order valence-electron chi connectivity index (χ2n) is 4.19. The first kappa shape index (κ1) is 13.9. The van der Waals surface area contributed by atoms with Crippen molar-refractivity contribution < 1.29 is 8.78 Å². The molecular formula is C14H13ClF2N2. The molecule has 2 aromatic rings. The molecule has 0 amide bonds. The van der Waals surface area contributed by atoms with E-state index in [-0.39, 0.29) is 18.0 Å². The molecule has 2 nitrogen and oxygen atoms in total. The van der Waals surface area contributed by atoms with Crippen molar-refractivity contribution in [3.05, 3.63) is 70.2 Å². The Morgan fingerprint density at radius 1 is 1.11 bits per heavy atom. The molecule has 2 aromatic carbocycles.